The van der Waals surface area contributed by atoms with E-state index < -0.39 is 15.1 Å². The lowest BCUT2D eigenvalue weighted by molar-refractivity contribution is 0.0821. The third kappa shape index (κ3) is 3.76. The van der Waals surface area contributed by atoms with E-state index in [0.29, 0.717) is 24.4 Å². The van der Waals surface area contributed by atoms with Gasteiger partial charge < -0.3 is 19.7 Å². The number of nitriles is 1. The predicted molar refractivity (Wildman–Crippen MR) is 93.5 cm³/mol. The minimum atomic E-state index is -3.21. The van der Waals surface area contributed by atoms with Gasteiger partial charge in [-0.15, -0.1) is 0 Å². The smallest absolute Gasteiger partial charge is 0.317 e. The molecule has 2 fully saturated rings. The Hall–Kier alpha value is -2.31. The zero-order valence-electron chi connectivity index (χ0n) is 14.4. The molecule has 2 heterocycles. The summed E-state index contributed by atoms with van der Waals surface area (Å²) in [6.45, 7) is 1.16. The fraction of sp³-hybridized carbons (Fsp3) is 0.529. The quantitative estimate of drug-likeness (QED) is 0.742. The van der Waals surface area contributed by atoms with Crippen LogP contribution >= 0.6 is 0 Å². The number of fused-ring (bicyclic) bond motifs is 1. The lowest BCUT2D eigenvalue weighted by Crippen LogP contribution is -2.42. The van der Waals surface area contributed by atoms with Crippen molar-refractivity contribution in [2.45, 2.75) is 11.4 Å². The van der Waals surface area contributed by atoms with Gasteiger partial charge in [0.25, 0.3) is 0 Å². The van der Waals surface area contributed by atoms with Crippen LogP contribution in [0.15, 0.2) is 24.3 Å². The first-order valence-corrected chi connectivity index (χ1v) is 10.1. The first-order chi connectivity index (χ1) is 12.4. The van der Waals surface area contributed by atoms with E-state index in [1.165, 1.54) is 12.0 Å². The number of urea groups is 1. The number of likely N-dealkylation sites (tertiary alicyclic amines) is 1. The van der Waals surface area contributed by atoms with Gasteiger partial charge in [-0.1, -0.05) is 0 Å². The Morgan fingerprint density at radius 2 is 2.08 bits per heavy atom. The molecule has 2 saturated heterocycles. The van der Waals surface area contributed by atoms with Crippen LogP contribution in [0.1, 0.15) is 5.56 Å². The molecular weight excluding hydrogens is 358 g/mol. The van der Waals surface area contributed by atoms with Crippen LogP contribution in [0.25, 0.3) is 0 Å². The minimum Gasteiger partial charge on any atom is -0.492 e. The van der Waals surface area contributed by atoms with Crippen molar-refractivity contribution in [3.8, 4) is 11.8 Å². The van der Waals surface area contributed by atoms with E-state index in [1.54, 1.807) is 24.3 Å². The van der Waals surface area contributed by atoms with Gasteiger partial charge in [0.2, 0.25) is 0 Å². The number of nitrogens with zero attached hydrogens (tertiary/aromatic N) is 2. The molecule has 2 aliphatic rings. The van der Waals surface area contributed by atoms with E-state index in [0.717, 1.165) is 0 Å². The van der Waals surface area contributed by atoms with Crippen LogP contribution in [-0.4, -0.2) is 69.8 Å². The standard InChI is InChI=1S/C17H21N3O5S/c1-24-15-11-26(22,23)16-10-20(9-14(15)16)17(21)19-6-7-25-13-4-2-12(8-18)3-5-13/h2-5,14-16H,6-7,9-11H2,1H3,(H,19,21)/t14-,15+,16-/m0/s1. The number of amides is 2. The van der Waals surface area contributed by atoms with E-state index in [9.17, 15) is 13.2 Å². The van der Waals surface area contributed by atoms with E-state index in [-0.39, 0.29) is 37.0 Å². The molecule has 0 bridgehead atoms. The molecule has 0 unspecified atom stereocenters. The molecule has 8 nitrogen and oxygen atoms in total. The molecule has 9 heteroatoms. The Balaban J connectivity index is 1.45. The molecule has 0 aliphatic carbocycles. The second-order valence-electron chi connectivity index (χ2n) is 6.43. The number of carbonyl (C=O) groups excluding carboxylic acids is 1. The summed E-state index contributed by atoms with van der Waals surface area (Å²) in [5.41, 5.74) is 0.551. The highest BCUT2D eigenvalue weighted by atomic mass is 32.2. The number of hydrogen-bond acceptors (Lipinski definition) is 6. The topological polar surface area (TPSA) is 109 Å². The lowest BCUT2D eigenvalue weighted by atomic mass is 10.0. The molecule has 26 heavy (non-hydrogen) atoms. The second kappa shape index (κ2) is 7.51. The van der Waals surface area contributed by atoms with Crippen molar-refractivity contribution in [2.75, 3.05) is 39.1 Å². The number of ether oxygens (including phenoxy) is 2. The first kappa shape index (κ1) is 18.5. The number of sulfone groups is 1. The molecule has 1 aromatic carbocycles. The van der Waals surface area contributed by atoms with Gasteiger partial charge in [-0.25, -0.2) is 13.2 Å². The number of hydrogen-bond donors (Lipinski definition) is 1. The van der Waals surface area contributed by atoms with Gasteiger partial charge >= 0.3 is 6.03 Å². The maximum absolute atomic E-state index is 12.3. The molecule has 0 saturated carbocycles. The summed E-state index contributed by atoms with van der Waals surface area (Å²) < 4.78 is 35.1. The van der Waals surface area contributed by atoms with E-state index >= 15 is 0 Å². The van der Waals surface area contributed by atoms with Crippen molar-refractivity contribution < 1.29 is 22.7 Å². The summed E-state index contributed by atoms with van der Waals surface area (Å²) in [7, 11) is -1.71. The van der Waals surface area contributed by atoms with Crippen molar-refractivity contribution in [3.63, 3.8) is 0 Å². The van der Waals surface area contributed by atoms with Gasteiger partial charge in [0, 0.05) is 26.1 Å². The molecule has 3 rings (SSSR count). The highest BCUT2D eigenvalue weighted by Gasteiger charge is 2.53. The first-order valence-electron chi connectivity index (χ1n) is 8.34. The molecule has 0 radical (unpaired) electrons. The molecular formula is C17H21N3O5S. The molecule has 0 aromatic heterocycles. The third-order valence-electron chi connectivity index (χ3n) is 4.86. The highest BCUT2D eigenvalue weighted by Crippen LogP contribution is 2.35. The van der Waals surface area contributed by atoms with Gasteiger partial charge in [-0.2, -0.15) is 5.26 Å². The van der Waals surface area contributed by atoms with E-state index in [2.05, 4.69) is 5.32 Å². The summed E-state index contributed by atoms with van der Waals surface area (Å²) in [4.78, 5) is 13.8. The van der Waals surface area contributed by atoms with E-state index in [1.807, 2.05) is 6.07 Å². The van der Waals surface area contributed by atoms with Crippen LogP contribution in [0.5, 0.6) is 5.75 Å². The van der Waals surface area contributed by atoms with Crippen molar-refractivity contribution in [3.05, 3.63) is 29.8 Å². The average molecular weight is 379 g/mol. The zero-order chi connectivity index (χ0) is 18.7. The maximum Gasteiger partial charge on any atom is 0.317 e. The Labute approximate surface area is 152 Å². The van der Waals surface area contributed by atoms with Crippen molar-refractivity contribution in [1.82, 2.24) is 10.2 Å². The number of carbonyl (C=O) groups is 1. The van der Waals surface area contributed by atoms with Gasteiger partial charge in [0.1, 0.15) is 12.4 Å². The molecule has 0 spiro atoms. The van der Waals surface area contributed by atoms with Gasteiger partial charge in [-0.3, -0.25) is 0 Å². The number of methoxy groups -OCH3 is 1. The van der Waals surface area contributed by atoms with Crippen LogP contribution in [0.3, 0.4) is 0 Å². The van der Waals surface area contributed by atoms with Crippen LogP contribution in [0.2, 0.25) is 0 Å². The average Bonchev–Trinajstić information content (AvgIpc) is 3.18. The normalized spacial score (nSPS) is 26.2. The van der Waals surface area contributed by atoms with Crippen molar-refractivity contribution in [2.24, 2.45) is 5.92 Å². The third-order valence-corrected chi connectivity index (χ3v) is 7.08. The van der Waals surface area contributed by atoms with Gasteiger partial charge in [0.05, 0.1) is 35.3 Å². The number of benzene rings is 1. The summed E-state index contributed by atoms with van der Waals surface area (Å²) in [6, 6.07) is 8.43. The number of nitrogens with one attached hydrogen (secondary N) is 1. The number of rotatable bonds is 5. The largest absolute Gasteiger partial charge is 0.492 e. The van der Waals surface area contributed by atoms with E-state index in [4.69, 9.17) is 14.7 Å². The Bertz CT molecular complexity index is 803. The molecule has 2 amide bonds. The fourth-order valence-electron chi connectivity index (χ4n) is 3.49. The molecule has 1 aromatic rings. The molecule has 3 atom stereocenters. The minimum absolute atomic E-state index is 0.0344. The summed E-state index contributed by atoms with van der Waals surface area (Å²) in [5, 5.41) is 10.9. The SMILES string of the molecule is CO[C@@H]1CS(=O)(=O)[C@H]2CN(C(=O)NCCOc3ccc(C#N)cc3)C[C@@H]12. The predicted octanol–water partition coefficient (Wildman–Crippen LogP) is 0.390. The molecule has 2 aliphatic heterocycles. The van der Waals surface area contributed by atoms with Crippen molar-refractivity contribution >= 4 is 15.9 Å². The fourth-order valence-corrected chi connectivity index (χ4v) is 5.77. The lowest BCUT2D eigenvalue weighted by Gasteiger charge is -2.20. The van der Waals surface area contributed by atoms with Gasteiger partial charge in [-0.05, 0) is 24.3 Å². The zero-order valence-corrected chi connectivity index (χ0v) is 15.2. The van der Waals surface area contributed by atoms with Crippen molar-refractivity contribution in [1.29, 1.82) is 5.26 Å². The Morgan fingerprint density at radius 1 is 1.35 bits per heavy atom. The monoisotopic (exact) mass is 379 g/mol. The Kier molecular flexibility index (Phi) is 5.34. The second-order valence-corrected chi connectivity index (χ2v) is 8.69. The Morgan fingerprint density at radius 3 is 2.73 bits per heavy atom. The van der Waals surface area contributed by atoms with Gasteiger partial charge in [0.15, 0.2) is 9.84 Å². The molecule has 140 valence electrons. The molecule has 1 N–H and O–H groups in total. The summed E-state index contributed by atoms with van der Waals surface area (Å²) in [6.07, 6.45) is -0.345. The van der Waals surface area contributed by atoms with Crippen LogP contribution in [0, 0.1) is 17.2 Å². The maximum atomic E-state index is 12.3. The van der Waals surface area contributed by atoms with Crippen LogP contribution in [0.4, 0.5) is 4.79 Å². The highest BCUT2D eigenvalue weighted by molar-refractivity contribution is 7.92. The van der Waals surface area contributed by atoms with Crippen LogP contribution < -0.4 is 10.1 Å². The summed E-state index contributed by atoms with van der Waals surface area (Å²) in [5.74, 6) is 0.487. The summed E-state index contributed by atoms with van der Waals surface area (Å²) >= 11 is 0. The van der Waals surface area contributed by atoms with Crippen LogP contribution in [-0.2, 0) is 14.6 Å².